The van der Waals surface area contributed by atoms with E-state index in [4.69, 9.17) is 39.5 Å². The Kier molecular flexibility index (Phi) is 8.09. The van der Waals surface area contributed by atoms with Crippen LogP contribution in [0.15, 0.2) is 48.7 Å². The fourth-order valence-corrected chi connectivity index (χ4v) is 3.38. The molecule has 0 saturated carbocycles. The van der Waals surface area contributed by atoms with Gasteiger partial charge in [-0.15, -0.1) is 0 Å². The van der Waals surface area contributed by atoms with Crippen molar-refractivity contribution in [2.24, 2.45) is 0 Å². The number of halogens is 4. The minimum atomic E-state index is -0.605. The Morgan fingerprint density at radius 3 is 2.50 bits per heavy atom. The first-order valence-electron chi connectivity index (χ1n) is 9.38. The van der Waals surface area contributed by atoms with Crippen LogP contribution in [0.5, 0.6) is 0 Å². The Bertz CT molecular complexity index is 1100. The van der Waals surface area contributed by atoms with Gasteiger partial charge in [0.1, 0.15) is 11.6 Å². The van der Waals surface area contributed by atoms with Crippen LogP contribution in [0.4, 0.5) is 32.3 Å². The summed E-state index contributed by atoms with van der Waals surface area (Å²) in [5, 5.41) is 6.45. The van der Waals surface area contributed by atoms with Crippen molar-refractivity contribution < 1.29 is 13.9 Å². The third-order valence-corrected chi connectivity index (χ3v) is 5.24. The van der Waals surface area contributed by atoms with Crippen LogP contribution in [0.1, 0.15) is 6.92 Å². The molecule has 0 aliphatic carbocycles. The van der Waals surface area contributed by atoms with Crippen molar-refractivity contribution in [3.63, 3.8) is 0 Å². The van der Waals surface area contributed by atoms with Crippen LogP contribution >= 0.6 is 34.8 Å². The number of rotatable bonds is 7. The summed E-state index contributed by atoms with van der Waals surface area (Å²) in [6, 6.07) is 9.11. The summed E-state index contributed by atoms with van der Waals surface area (Å²) in [5.41, 5.74) is 0.619. The third kappa shape index (κ3) is 5.98. The number of nitrogens with one attached hydrogen (secondary N) is 2. The zero-order chi connectivity index (χ0) is 23.3. The van der Waals surface area contributed by atoms with Gasteiger partial charge in [0, 0.05) is 25.4 Å². The van der Waals surface area contributed by atoms with Crippen LogP contribution in [-0.4, -0.2) is 35.8 Å². The van der Waals surface area contributed by atoms with Crippen LogP contribution in [-0.2, 0) is 4.74 Å². The molecule has 0 unspecified atom stereocenters. The van der Waals surface area contributed by atoms with Crippen LogP contribution in [0, 0.1) is 5.82 Å². The fraction of sp³-hybridized carbons (Fsp3) is 0.190. The van der Waals surface area contributed by atoms with Crippen molar-refractivity contribution in [3.8, 4) is 0 Å². The lowest BCUT2D eigenvalue weighted by molar-refractivity contribution is 0.190. The average Bonchev–Trinajstić information content (AvgIpc) is 2.74. The number of carbonyl (C=O) groups excluding carboxylic acids is 1. The van der Waals surface area contributed by atoms with E-state index in [9.17, 15) is 9.18 Å². The van der Waals surface area contributed by atoms with Crippen molar-refractivity contribution >= 4 is 64.0 Å². The number of methoxy groups -OCH3 is 1. The normalized spacial score (nSPS) is 11.7. The van der Waals surface area contributed by atoms with E-state index in [0.29, 0.717) is 18.2 Å². The lowest BCUT2D eigenvalue weighted by atomic mass is 10.2. The first-order valence-corrected chi connectivity index (χ1v) is 10.5. The fourth-order valence-electron chi connectivity index (χ4n) is 2.79. The lowest BCUT2D eigenvalue weighted by Gasteiger charge is -2.23. The second-order valence-electron chi connectivity index (χ2n) is 6.73. The van der Waals surface area contributed by atoms with E-state index in [1.54, 1.807) is 13.2 Å². The van der Waals surface area contributed by atoms with E-state index in [0.717, 1.165) is 0 Å². The predicted octanol–water partition coefficient (Wildman–Crippen LogP) is 6.39. The molecule has 2 aromatic carbocycles. The molecule has 1 atom stereocenters. The third-order valence-electron chi connectivity index (χ3n) is 4.20. The molecular weight excluding hydrogens is 480 g/mol. The molecule has 3 rings (SSSR count). The summed E-state index contributed by atoms with van der Waals surface area (Å²) in [7, 11) is 1.59. The van der Waals surface area contributed by atoms with E-state index >= 15 is 0 Å². The second-order valence-corrected chi connectivity index (χ2v) is 7.95. The highest BCUT2D eigenvalue weighted by atomic mass is 35.5. The zero-order valence-electron chi connectivity index (χ0n) is 17.1. The van der Waals surface area contributed by atoms with Gasteiger partial charge in [0.15, 0.2) is 0 Å². The topological polar surface area (TPSA) is 79.4 Å². The number of aromatic nitrogens is 2. The molecule has 2 N–H and O–H groups in total. The van der Waals surface area contributed by atoms with Gasteiger partial charge in [0.2, 0.25) is 5.95 Å². The molecule has 0 bridgehead atoms. The number of ether oxygens (including phenoxy) is 1. The molecule has 0 fully saturated rings. The first-order chi connectivity index (χ1) is 15.3. The maximum atomic E-state index is 13.5. The molecule has 11 heteroatoms. The summed E-state index contributed by atoms with van der Waals surface area (Å²) in [4.78, 5) is 23.1. The van der Waals surface area contributed by atoms with E-state index in [1.165, 1.54) is 47.5 Å². The maximum Gasteiger partial charge on any atom is 0.332 e. The highest BCUT2D eigenvalue weighted by Crippen LogP contribution is 2.33. The first kappa shape index (κ1) is 24.0. The summed E-state index contributed by atoms with van der Waals surface area (Å²) in [6.45, 7) is 2.34. The molecule has 1 aromatic heterocycles. The van der Waals surface area contributed by atoms with Gasteiger partial charge in [-0.2, -0.15) is 4.98 Å². The van der Waals surface area contributed by atoms with E-state index < -0.39 is 11.8 Å². The molecule has 0 spiro atoms. The summed E-state index contributed by atoms with van der Waals surface area (Å²) in [6.07, 6.45) is 1.50. The number of anilines is 4. The Hall–Kier alpha value is -2.65. The number of hydrogen-bond acceptors (Lipinski definition) is 5. The molecule has 0 radical (unpaired) electrons. The largest absolute Gasteiger partial charge is 0.383 e. The molecule has 0 aliphatic rings. The molecular formula is C21H19Cl3FN5O2. The van der Waals surface area contributed by atoms with Crippen molar-refractivity contribution in [3.05, 3.63) is 69.5 Å². The van der Waals surface area contributed by atoms with E-state index in [2.05, 4.69) is 20.6 Å². The molecule has 0 aliphatic heterocycles. The van der Waals surface area contributed by atoms with Crippen molar-refractivity contribution in [2.75, 3.05) is 29.3 Å². The molecule has 0 saturated heterocycles. The Balaban J connectivity index is 1.97. The van der Waals surface area contributed by atoms with Crippen molar-refractivity contribution in [1.82, 2.24) is 9.97 Å². The smallest absolute Gasteiger partial charge is 0.332 e. The quantitative estimate of drug-likeness (QED) is 0.369. The number of carbonyl (C=O) groups is 1. The van der Waals surface area contributed by atoms with Gasteiger partial charge in [-0.05, 0) is 43.3 Å². The second kappa shape index (κ2) is 10.8. The summed E-state index contributed by atoms with van der Waals surface area (Å²) < 4.78 is 18.6. The zero-order valence-corrected chi connectivity index (χ0v) is 19.3. The van der Waals surface area contributed by atoms with Crippen LogP contribution in [0.25, 0.3) is 0 Å². The van der Waals surface area contributed by atoms with Gasteiger partial charge in [-0.3, -0.25) is 0 Å². The van der Waals surface area contributed by atoms with Crippen molar-refractivity contribution in [2.45, 2.75) is 13.0 Å². The summed E-state index contributed by atoms with van der Waals surface area (Å²) >= 11 is 18.2. The lowest BCUT2D eigenvalue weighted by Crippen LogP contribution is -2.32. The summed E-state index contributed by atoms with van der Waals surface area (Å²) in [5.74, 6) is 0.0898. The Morgan fingerprint density at radius 1 is 1.12 bits per heavy atom. The van der Waals surface area contributed by atoms with Gasteiger partial charge in [-0.1, -0.05) is 34.8 Å². The van der Waals surface area contributed by atoms with Crippen LogP contribution in [0.2, 0.25) is 15.1 Å². The molecule has 1 heterocycles. The monoisotopic (exact) mass is 497 g/mol. The molecule has 3 aromatic rings. The number of hydrogen-bond donors (Lipinski definition) is 2. The Labute approximate surface area is 199 Å². The van der Waals surface area contributed by atoms with Gasteiger partial charge < -0.3 is 15.4 Å². The van der Waals surface area contributed by atoms with Crippen molar-refractivity contribution in [1.29, 1.82) is 0 Å². The molecule has 7 nitrogen and oxygen atoms in total. The minimum absolute atomic E-state index is 0.0710. The molecule has 168 valence electrons. The van der Waals surface area contributed by atoms with Crippen LogP contribution < -0.4 is 15.5 Å². The highest BCUT2D eigenvalue weighted by Gasteiger charge is 2.22. The van der Waals surface area contributed by atoms with Crippen LogP contribution in [0.3, 0.4) is 0 Å². The maximum absolute atomic E-state index is 13.5. The predicted molar refractivity (Wildman–Crippen MR) is 126 cm³/mol. The van der Waals surface area contributed by atoms with Gasteiger partial charge in [0.05, 0.1) is 33.0 Å². The average molecular weight is 499 g/mol. The van der Waals surface area contributed by atoms with Gasteiger partial charge in [0.25, 0.3) is 0 Å². The van der Waals surface area contributed by atoms with Gasteiger partial charge in [-0.25, -0.2) is 19.1 Å². The number of amides is 2. The number of benzene rings is 2. The standard InChI is InChI=1S/C21H19Cl3FN5O2/c1-12(11-32-2)27-20-26-8-7-19(29-20)30(14-5-3-13(25)4-6-14)21(31)28-18-10-16(23)15(22)9-17(18)24/h3-10,12H,11H2,1-2H3,(H,28,31)(H,26,27,29)/t12-/m0/s1. The SMILES string of the molecule is COC[C@H](C)Nc1nccc(N(C(=O)Nc2cc(Cl)c(Cl)cc2Cl)c2ccc(F)cc2)n1. The van der Waals surface area contributed by atoms with E-state index in [-0.39, 0.29) is 32.6 Å². The molecule has 2 amide bonds. The molecule has 32 heavy (non-hydrogen) atoms. The Morgan fingerprint density at radius 2 is 1.81 bits per heavy atom. The number of nitrogens with zero attached hydrogens (tertiary/aromatic N) is 3. The minimum Gasteiger partial charge on any atom is -0.383 e. The van der Waals surface area contributed by atoms with Gasteiger partial charge >= 0.3 is 6.03 Å². The highest BCUT2D eigenvalue weighted by molar-refractivity contribution is 6.44. The van der Waals surface area contributed by atoms with E-state index in [1.807, 2.05) is 6.92 Å². The number of urea groups is 1.